The smallest absolute Gasteiger partial charge is 0.278 e. The maximum absolute atomic E-state index is 11.1. The lowest BCUT2D eigenvalue weighted by Gasteiger charge is -2.37. The Morgan fingerprint density at radius 2 is 2.21 bits per heavy atom. The molecule has 1 aliphatic rings. The molecule has 0 atom stereocenters. The molecule has 104 valence electrons. The van der Waals surface area contributed by atoms with E-state index >= 15 is 0 Å². The first-order valence-electron chi connectivity index (χ1n) is 6.58. The van der Waals surface area contributed by atoms with E-state index in [9.17, 15) is 10.1 Å². The van der Waals surface area contributed by atoms with Gasteiger partial charge in [-0.1, -0.05) is 6.92 Å². The van der Waals surface area contributed by atoms with Gasteiger partial charge in [-0.25, -0.2) is 0 Å². The molecule has 1 saturated heterocycles. The second kappa shape index (κ2) is 5.63. The Hall–Kier alpha value is -1.53. The van der Waals surface area contributed by atoms with Gasteiger partial charge in [0.2, 0.25) is 0 Å². The van der Waals surface area contributed by atoms with Gasteiger partial charge < -0.3 is 5.32 Å². The van der Waals surface area contributed by atoms with E-state index in [-0.39, 0.29) is 10.6 Å². The van der Waals surface area contributed by atoms with Crippen molar-refractivity contribution in [3.63, 3.8) is 0 Å². The zero-order valence-electron chi connectivity index (χ0n) is 11.6. The monoisotopic (exact) mass is 264 g/mol. The number of nitrogens with zero attached hydrogens (tertiary/aromatic N) is 3. The number of hydrogen-bond donors (Lipinski definition) is 1. The van der Waals surface area contributed by atoms with Gasteiger partial charge in [0, 0.05) is 43.0 Å². The van der Waals surface area contributed by atoms with E-state index in [1.807, 2.05) is 0 Å². The van der Waals surface area contributed by atoms with E-state index in [0.717, 1.165) is 25.3 Å². The maximum Gasteiger partial charge on any atom is 0.278 e. The highest BCUT2D eigenvalue weighted by atomic mass is 16.6. The van der Waals surface area contributed by atoms with Crippen LogP contribution in [0.1, 0.15) is 23.7 Å². The first kappa shape index (κ1) is 13.9. The number of hydrogen-bond acceptors (Lipinski definition) is 5. The molecule has 1 aliphatic heterocycles. The highest BCUT2D eigenvalue weighted by Gasteiger charge is 2.26. The Morgan fingerprint density at radius 1 is 1.53 bits per heavy atom. The summed E-state index contributed by atoms with van der Waals surface area (Å²) in [5.74, 6) is 0. The lowest BCUT2D eigenvalue weighted by Crippen LogP contribution is -2.56. The van der Waals surface area contributed by atoms with Crippen LogP contribution in [0.4, 0.5) is 5.69 Å². The Labute approximate surface area is 113 Å². The molecule has 0 aromatic carbocycles. The van der Waals surface area contributed by atoms with E-state index < -0.39 is 0 Å². The summed E-state index contributed by atoms with van der Waals surface area (Å²) in [6, 6.07) is 0.520. The van der Waals surface area contributed by atoms with Crippen LogP contribution < -0.4 is 5.32 Å². The lowest BCUT2D eigenvalue weighted by atomic mass is 10.1. The maximum atomic E-state index is 11.1. The fourth-order valence-electron chi connectivity index (χ4n) is 2.43. The summed E-state index contributed by atoms with van der Waals surface area (Å²) in [5, 5.41) is 14.4. The summed E-state index contributed by atoms with van der Waals surface area (Å²) in [5.41, 5.74) is 2.33. The minimum absolute atomic E-state index is 0.202. The summed E-state index contributed by atoms with van der Waals surface area (Å²) >= 11 is 0. The Bertz CT molecular complexity index is 486. The highest BCUT2D eigenvalue weighted by Crippen LogP contribution is 2.25. The highest BCUT2D eigenvalue weighted by molar-refractivity contribution is 5.47. The fraction of sp³-hybridized carbons (Fsp3) is 0.615. The van der Waals surface area contributed by atoms with Gasteiger partial charge >= 0.3 is 0 Å². The molecular formula is C13H20N4O2. The first-order chi connectivity index (χ1) is 9.04. The zero-order chi connectivity index (χ0) is 14.0. The van der Waals surface area contributed by atoms with Crippen LogP contribution in [0.2, 0.25) is 0 Å². The molecule has 2 heterocycles. The molecule has 1 N–H and O–H groups in total. The van der Waals surface area contributed by atoms with E-state index in [0.29, 0.717) is 23.7 Å². The molecule has 19 heavy (non-hydrogen) atoms. The van der Waals surface area contributed by atoms with E-state index in [2.05, 4.69) is 22.1 Å². The van der Waals surface area contributed by atoms with Crippen molar-refractivity contribution in [3.8, 4) is 0 Å². The Balaban J connectivity index is 2.24. The van der Waals surface area contributed by atoms with Gasteiger partial charge in [-0.05, 0) is 20.4 Å². The summed E-state index contributed by atoms with van der Waals surface area (Å²) in [7, 11) is 0. The number of aryl methyl sites for hydroxylation is 1. The van der Waals surface area contributed by atoms with Crippen LogP contribution in [0, 0.1) is 24.0 Å². The molecule has 0 radical (unpaired) electrons. The van der Waals surface area contributed by atoms with E-state index in [1.165, 1.54) is 0 Å². The predicted octanol–water partition coefficient (Wildman–Crippen LogP) is 1.40. The molecule has 0 spiro atoms. The molecular weight excluding hydrogens is 244 g/mol. The summed E-state index contributed by atoms with van der Waals surface area (Å²) in [6.07, 6.45) is 1.60. The molecule has 2 rings (SSSR count). The molecule has 0 amide bonds. The van der Waals surface area contributed by atoms with Crippen LogP contribution >= 0.6 is 0 Å². The van der Waals surface area contributed by atoms with Crippen molar-refractivity contribution >= 4 is 5.69 Å². The second-order valence-electron chi connectivity index (χ2n) is 4.99. The predicted molar refractivity (Wildman–Crippen MR) is 73.1 cm³/mol. The molecule has 1 aromatic rings. The third-order valence-corrected chi connectivity index (χ3v) is 3.79. The normalized spacial score (nSPS) is 15.6. The van der Waals surface area contributed by atoms with Crippen molar-refractivity contribution in [2.75, 3.05) is 19.6 Å². The largest absolute Gasteiger partial charge is 0.314 e. The van der Waals surface area contributed by atoms with Crippen molar-refractivity contribution < 1.29 is 4.92 Å². The molecule has 0 unspecified atom stereocenters. The van der Waals surface area contributed by atoms with Gasteiger partial charge in [-0.3, -0.25) is 20.0 Å². The molecule has 0 bridgehead atoms. The Morgan fingerprint density at radius 3 is 2.68 bits per heavy atom. The Kier molecular flexibility index (Phi) is 4.11. The quantitative estimate of drug-likeness (QED) is 0.643. The number of rotatable bonds is 5. The van der Waals surface area contributed by atoms with Crippen molar-refractivity contribution in [2.24, 2.45) is 0 Å². The van der Waals surface area contributed by atoms with Crippen molar-refractivity contribution in [1.82, 2.24) is 15.2 Å². The van der Waals surface area contributed by atoms with Crippen LogP contribution in [0.3, 0.4) is 0 Å². The molecule has 6 heteroatoms. The van der Waals surface area contributed by atoms with Crippen LogP contribution in [-0.4, -0.2) is 40.5 Å². The summed E-state index contributed by atoms with van der Waals surface area (Å²) in [6.45, 7) is 9.21. The van der Waals surface area contributed by atoms with E-state index in [1.54, 1.807) is 20.0 Å². The van der Waals surface area contributed by atoms with Crippen molar-refractivity contribution in [3.05, 3.63) is 33.1 Å². The molecule has 0 aliphatic carbocycles. The third kappa shape index (κ3) is 2.74. The average molecular weight is 264 g/mol. The van der Waals surface area contributed by atoms with Gasteiger partial charge in [0.1, 0.15) is 0 Å². The number of pyridine rings is 1. The summed E-state index contributed by atoms with van der Waals surface area (Å²) < 4.78 is 0. The minimum Gasteiger partial charge on any atom is -0.314 e. The van der Waals surface area contributed by atoms with Crippen LogP contribution in [-0.2, 0) is 6.54 Å². The number of aromatic nitrogens is 1. The lowest BCUT2D eigenvalue weighted by molar-refractivity contribution is -0.386. The van der Waals surface area contributed by atoms with E-state index in [4.69, 9.17) is 0 Å². The SMILES string of the molecule is CCN(Cc1ncc(C)c([N+](=O)[O-])c1C)C1CNC1. The minimum atomic E-state index is -0.308. The molecule has 0 saturated carbocycles. The van der Waals surface area contributed by atoms with Gasteiger partial charge in [0.15, 0.2) is 0 Å². The van der Waals surface area contributed by atoms with Crippen LogP contribution in [0.15, 0.2) is 6.20 Å². The molecule has 1 fully saturated rings. The van der Waals surface area contributed by atoms with Crippen molar-refractivity contribution in [1.29, 1.82) is 0 Å². The number of nitrogens with one attached hydrogen (secondary N) is 1. The first-order valence-corrected chi connectivity index (χ1v) is 6.58. The second-order valence-corrected chi connectivity index (χ2v) is 4.99. The van der Waals surface area contributed by atoms with Gasteiger partial charge in [0.25, 0.3) is 5.69 Å². The standard InChI is InChI=1S/C13H20N4O2/c1-4-16(11-6-14-7-11)8-12-10(3)13(17(18)19)9(2)5-15-12/h5,11,14H,4,6-8H2,1-3H3. The van der Waals surface area contributed by atoms with Gasteiger partial charge in [0.05, 0.1) is 10.6 Å². The zero-order valence-corrected chi connectivity index (χ0v) is 11.6. The average Bonchev–Trinajstić information content (AvgIpc) is 2.28. The number of likely N-dealkylation sites (N-methyl/N-ethyl adjacent to an activating group) is 1. The summed E-state index contributed by atoms with van der Waals surface area (Å²) in [4.78, 5) is 17.5. The topological polar surface area (TPSA) is 71.3 Å². The van der Waals surface area contributed by atoms with Crippen LogP contribution in [0.25, 0.3) is 0 Å². The number of nitro groups is 1. The molecule has 1 aromatic heterocycles. The van der Waals surface area contributed by atoms with Crippen LogP contribution in [0.5, 0.6) is 0 Å². The van der Waals surface area contributed by atoms with Gasteiger partial charge in [-0.15, -0.1) is 0 Å². The van der Waals surface area contributed by atoms with Crippen molar-refractivity contribution in [2.45, 2.75) is 33.4 Å². The molecule has 6 nitrogen and oxygen atoms in total. The van der Waals surface area contributed by atoms with Gasteiger partial charge in [-0.2, -0.15) is 0 Å². The fourth-order valence-corrected chi connectivity index (χ4v) is 2.43. The third-order valence-electron chi connectivity index (χ3n) is 3.79.